The summed E-state index contributed by atoms with van der Waals surface area (Å²) in [4.78, 5) is 4.55. The maximum absolute atomic E-state index is 8.96. The largest absolute Gasteiger partial charge is 0.491 e. The van der Waals surface area contributed by atoms with Crippen molar-refractivity contribution in [2.45, 2.75) is 0 Å². The zero-order valence-corrected chi connectivity index (χ0v) is 11.6. The summed E-state index contributed by atoms with van der Waals surface area (Å²) in [5.41, 5.74) is 1.14. The maximum Gasteiger partial charge on any atom is 0.119 e. The summed E-state index contributed by atoms with van der Waals surface area (Å²) in [5, 5.41) is 8.96. The van der Waals surface area contributed by atoms with Gasteiger partial charge < -0.3 is 19.5 Å². The highest BCUT2D eigenvalue weighted by molar-refractivity contribution is 5.49. The Morgan fingerprint density at radius 1 is 1.15 bits per heavy atom. The molecule has 1 aliphatic rings. The maximum atomic E-state index is 8.96. The number of aliphatic hydroxyl groups excluding tert-OH is 1. The number of nitrogens with zero attached hydrogens (tertiary/aromatic N) is 2. The van der Waals surface area contributed by atoms with Gasteiger partial charge in [0.05, 0.1) is 17.3 Å². The number of methoxy groups -OCH3 is 1. The Kier molecular flexibility index (Phi) is 4.60. The van der Waals surface area contributed by atoms with Crippen molar-refractivity contribution in [2.75, 3.05) is 64.5 Å². The van der Waals surface area contributed by atoms with Gasteiger partial charge in [0.2, 0.25) is 0 Å². The van der Waals surface area contributed by atoms with Gasteiger partial charge in [-0.2, -0.15) is 0 Å². The zero-order valence-electron chi connectivity index (χ0n) is 14.6. The lowest BCUT2D eigenvalue weighted by Gasteiger charge is -2.35. The highest BCUT2D eigenvalue weighted by Gasteiger charge is 2.16. The number of benzene rings is 1. The number of β-amino-alcohol motifs (C(OH)–C–C–N with tert-alkyl or cyclic N) is 1. The van der Waals surface area contributed by atoms with Crippen molar-refractivity contribution in [3.63, 3.8) is 0 Å². The van der Waals surface area contributed by atoms with Crippen LogP contribution < -0.4 is 9.64 Å². The minimum absolute atomic E-state index is 0.0328. The third kappa shape index (κ3) is 4.37. The molecule has 20 heavy (non-hydrogen) atoms. The van der Waals surface area contributed by atoms with Crippen LogP contribution in [0.3, 0.4) is 0 Å². The summed E-state index contributed by atoms with van der Waals surface area (Å²) in [6, 6.07) is 7.76. The lowest BCUT2D eigenvalue weighted by molar-refractivity contribution is 0.146. The quantitative estimate of drug-likeness (QED) is 0.751. The first-order valence-electron chi connectivity index (χ1n) is 8.43. The highest BCUT2D eigenvalue weighted by atomic mass is 16.5. The molecule has 5 heteroatoms. The molecule has 0 spiro atoms. The molecule has 0 amide bonds. The molecule has 2 rings (SSSR count). The van der Waals surface area contributed by atoms with E-state index in [1.807, 2.05) is 24.3 Å². The summed E-state index contributed by atoms with van der Waals surface area (Å²) in [6.07, 6.45) is 0. The van der Waals surface area contributed by atoms with Crippen molar-refractivity contribution < 1.29 is 18.7 Å². The lowest BCUT2D eigenvalue weighted by atomic mass is 10.2. The Balaban J connectivity index is 1.74. The second kappa shape index (κ2) is 8.09. The smallest absolute Gasteiger partial charge is 0.119 e. The molecule has 1 N–H and O–H groups in total. The number of hydrogen-bond donors (Lipinski definition) is 1. The molecule has 1 aromatic carbocycles. The van der Waals surface area contributed by atoms with E-state index in [2.05, 4.69) is 14.5 Å². The molecule has 0 unspecified atom stereocenters. The normalized spacial score (nSPS) is 19.2. The van der Waals surface area contributed by atoms with Crippen molar-refractivity contribution in [3.8, 4) is 5.75 Å². The third-order valence-corrected chi connectivity index (χ3v) is 3.44. The van der Waals surface area contributed by atoms with Crippen molar-refractivity contribution in [2.24, 2.45) is 0 Å². The predicted molar refractivity (Wildman–Crippen MR) is 79.6 cm³/mol. The van der Waals surface area contributed by atoms with Gasteiger partial charge in [0.15, 0.2) is 0 Å². The Labute approximate surface area is 124 Å². The molecule has 0 aromatic heterocycles. The number of anilines is 1. The van der Waals surface area contributed by atoms with Crippen molar-refractivity contribution >= 4 is 5.69 Å². The topological polar surface area (TPSA) is 45.2 Å². The van der Waals surface area contributed by atoms with E-state index >= 15 is 0 Å². The van der Waals surface area contributed by atoms with E-state index in [0.717, 1.165) is 38.4 Å². The average molecular weight is 283 g/mol. The first kappa shape index (κ1) is 11.4. The van der Waals surface area contributed by atoms with Crippen LogP contribution in [-0.2, 0) is 4.74 Å². The number of aliphatic hydroxyl groups is 1. The number of hydrogen-bond acceptors (Lipinski definition) is 5. The monoisotopic (exact) mass is 283 g/mol. The van der Waals surface area contributed by atoms with Crippen LogP contribution in [0.1, 0.15) is 4.11 Å². The second-order valence-electron chi connectivity index (χ2n) is 4.74. The molecule has 1 aliphatic heterocycles. The van der Waals surface area contributed by atoms with Crippen LogP contribution in [0.25, 0.3) is 0 Å². The van der Waals surface area contributed by atoms with E-state index in [-0.39, 0.29) is 19.8 Å². The first-order chi connectivity index (χ1) is 11.0. The number of ether oxygens (including phenoxy) is 2. The van der Waals surface area contributed by atoms with Gasteiger partial charge in [-0.1, -0.05) is 0 Å². The van der Waals surface area contributed by atoms with E-state index in [1.165, 1.54) is 0 Å². The molecule has 0 saturated carbocycles. The van der Waals surface area contributed by atoms with E-state index < -0.39 is 7.04 Å². The lowest BCUT2D eigenvalue weighted by Crippen LogP contribution is -2.47. The van der Waals surface area contributed by atoms with Crippen LogP contribution in [0, 0.1) is 0 Å². The Hall–Kier alpha value is -1.30. The van der Waals surface area contributed by atoms with Gasteiger partial charge in [-0.3, -0.25) is 4.90 Å². The van der Waals surface area contributed by atoms with E-state index in [0.29, 0.717) is 5.75 Å². The van der Waals surface area contributed by atoms with Gasteiger partial charge in [-0.15, -0.1) is 0 Å². The molecule has 0 radical (unpaired) electrons. The van der Waals surface area contributed by atoms with Gasteiger partial charge in [0, 0.05) is 45.4 Å². The number of piperazine rings is 1. The molecular formula is C15H24N2O3. The average Bonchev–Trinajstić information content (AvgIpc) is 2.52. The summed E-state index contributed by atoms with van der Waals surface area (Å²) < 4.78 is 30.9. The Bertz CT molecular complexity index is 460. The van der Waals surface area contributed by atoms with Gasteiger partial charge in [0.25, 0.3) is 0 Å². The molecule has 0 atom stereocenters. The fraction of sp³-hybridized carbons (Fsp3) is 0.600. The van der Waals surface area contributed by atoms with Crippen LogP contribution in [0.2, 0.25) is 0 Å². The predicted octanol–water partition coefficient (Wildman–Crippen LogP) is 0.826. The first-order valence-corrected chi connectivity index (χ1v) is 6.93. The standard InChI is InChI=1S/C15H24N2O3/c1-19-12-13-20-15-4-2-14(3-5-15)17-8-6-16(7-9-17)10-11-18/h2-5,18H,6-13H2,1H3/i1D3. The Morgan fingerprint density at radius 3 is 2.55 bits per heavy atom. The minimum Gasteiger partial charge on any atom is -0.491 e. The SMILES string of the molecule is [2H]C([2H])([2H])OCCOc1ccc(N2CCN(CCO)CC2)cc1. The van der Waals surface area contributed by atoms with Crippen molar-refractivity contribution in [1.29, 1.82) is 0 Å². The molecule has 112 valence electrons. The van der Waals surface area contributed by atoms with Crippen LogP contribution in [-0.4, -0.2) is 69.6 Å². The van der Waals surface area contributed by atoms with E-state index in [4.69, 9.17) is 14.0 Å². The van der Waals surface area contributed by atoms with Crippen LogP contribution in [0.15, 0.2) is 24.3 Å². The molecule has 5 nitrogen and oxygen atoms in total. The van der Waals surface area contributed by atoms with Crippen LogP contribution in [0.5, 0.6) is 5.75 Å². The summed E-state index contributed by atoms with van der Waals surface area (Å²) in [7, 11) is -2.37. The molecule has 1 saturated heterocycles. The van der Waals surface area contributed by atoms with Crippen molar-refractivity contribution in [1.82, 2.24) is 4.90 Å². The number of rotatable bonds is 7. The third-order valence-electron chi connectivity index (χ3n) is 3.44. The summed E-state index contributed by atoms with van der Waals surface area (Å²) in [6.45, 7) is 4.95. The molecule has 1 heterocycles. The molecule has 0 aliphatic carbocycles. The molecule has 1 aromatic rings. The van der Waals surface area contributed by atoms with E-state index in [9.17, 15) is 0 Å². The zero-order chi connectivity index (χ0) is 16.7. The molecule has 1 fully saturated rings. The molecular weight excluding hydrogens is 256 g/mol. The van der Waals surface area contributed by atoms with Crippen LogP contribution >= 0.6 is 0 Å². The van der Waals surface area contributed by atoms with Gasteiger partial charge in [0.1, 0.15) is 12.4 Å². The fourth-order valence-electron chi connectivity index (χ4n) is 2.33. The minimum atomic E-state index is -2.37. The van der Waals surface area contributed by atoms with Gasteiger partial charge in [-0.25, -0.2) is 0 Å². The second-order valence-corrected chi connectivity index (χ2v) is 4.74. The van der Waals surface area contributed by atoms with Crippen molar-refractivity contribution in [3.05, 3.63) is 24.3 Å². The van der Waals surface area contributed by atoms with Crippen LogP contribution in [0.4, 0.5) is 5.69 Å². The Morgan fingerprint density at radius 2 is 1.90 bits per heavy atom. The molecule has 0 bridgehead atoms. The van der Waals surface area contributed by atoms with Gasteiger partial charge >= 0.3 is 0 Å². The highest BCUT2D eigenvalue weighted by Crippen LogP contribution is 2.20. The fourth-order valence-corrected chi connectivity index (χ4v) is 2.33. The van der Waals surface area contributed by atoms with Gasteiger partial charge in [-0.05, 0) is 24.3 Å². The van der Waals surface area contributed by atoms with E-state index in [1.54, 1.807) is 0 Å². The summed E-state index contributed by atoms with van der Waals surface area (Å²) >= 11 is 0. The summed E-state index contributed by atoms with van der Waals surface area (Å²) in [5.74, 6) is 0.696.